The molecular weight excluding hydrogens is 96.1 g/mol. The lowest BCUT2D eigenvalue weighted by Crippen LogP contribution is -2.05. The molecule has 0 aliphatic heterocycles. The van der Waals surface area contributed by atoms with E-state index in [4.69, 9.17) is 0 Å². The van der Waals surface area contributed by atoms with Crippen LogP contribution in [0.1, 0.15) is 33.1 Å². The zero-order chi connectivity index (χ0) is 6.20. The molecule has 0 saturated heterocycles. The number of rotatable bonds is 0. The second-order valence-corrected chi connectivity index (χ2v) is 3.34. The Labute approximate surface area is 51.6 Å². The Morgan fingerprint density at radius 1 is 1.50 bits per heavy atom. The summed E-state index contributed by atoms with van der Waals surface area (Å²) in [6.45, 7) is 8.57. The van der Waals surface area contributed by atoms with Gasteiger partial charge in [0.25, 0.3) is 0 Å². The first-order chi connectivity index (χ1) is 3.63. The average Bonchev–Trinajstić information content (AvgIpc) is 1.86. The van der Waals surface area contributed by atoms with E-state index in [0.29, 0.717) is 5.41 Å². The molecular formula is C8H14. The summed E-state index contributed by atoms with van der Waals surface area (Å²) in [6.07, 6.45) is 3.95. The van der Waals surface area contributed by atoms with Gasteiger partial charge in [-0.15, -0.1) is 0 Å². The summed E-state index contributed by atoms with van der Waals surface area (Å²) in [4.78, 5) is 0. The van der Waals surface area contributed by atoms with E-state index in [1.54, 1.807) is 0 Å². The fourth-order valence-corrected chi connectivity index (χ4v) is 1.26. The standard InChI is InChI=1S/C8H14/c1-7-5-4-6-8(7,2)3/h1,4-6H2,2-3H3. The molecule has 8 heavy (non-hydrogen) atoms. The molecule has 0 aromatic heterocycles. The highest BCUT2D eigenvalue weighted by Crippen LogP contribution is 2.40. The molecule has 0 nitrogen and oxygen atoms in total. The van der Waals surface area contributed by atoms with Gasteiger partial charge in [0.1, 0.15) is 0 Å². The first-order valence-corrected chi connectivity index (χ1v) is 3.31. The summed E-state index contributed by atoms with van der Waals surface area (Å²) in [5.74, 6) is 0. The van der Waals surface area contributed by atoms with E-state index in [9.17, 15) is 0 Å². The Morgan fingerprint density at radius 2 is 2.12 bits per heavy atom. The molecule has 0 bridgehead atoms. The summed E-state index contributed by atoms with van der Waals surface area (Å²) < 4.78 is 0. The van der Waals surface area contributed by atoms with Crippen molar-refractivity contribution in [1.82, 2.24) is 0 Å². The molecule has 1 rings (SSSR count). The van der Waals surface area contributed by atoms with Crippen molar-refractivity contribution in [3.63, 3.8) is 0 Å². The average molecular weight is 110 g/mol. The molecule has 0 N–H and O–H groups in total. The zero-order valence-electron chi connectivity index (χ0n) is 5.83. The predicted molar refractivity (Wildman–Crippen MR) is 36.8 cm³/mol. The van der Waals surface area contributed by atoms with Crippen molar-refractivity contribution < 1.29 is 0 Å². The van der Waals surface area contributed by atoms with Gasteiger partial charge in [0, 0.05) is 0 Å². The van der Waals surface area contributed by atoms with E-state index in [2.05, 4.69) is 20.4 Å². The second-order valence-electron chi connectivity index (χ2n) is 3.34. The molecule has 0 unspecified atom stereocenters. The summed E-state index contributed by atoms with van der Waals surface area (Å²) in [5, 5.41) is 0. The molecule has 0 amide bonds. The van der Waals surface area contributed by atoms with Crippen LogP contribution in [0.15, 0.2) is 12.2 Å². The molecule has 0 spiro atoms. The van der Waals surface area contributed by atoms with Gasteiger partial charge in [-0.3, -0.25) is 0 Å². The minimum Gasteiger partial charge on any atom is -0.0993 e. The Hall–Kier alpha value is -0.260. The minimum atomic E-state index is 0.458. The monoisotopic (exact) mass is 110 g/mol. The maximum atomic E-state index is 4.01. The van der Waals surface area contributed by atoms with Crippen LogP contribution < -0.4 is 0 Å². The summed E-state index contributed by atoms with van der Waals surface area (Å²) in [5.41, 5.74) is 1.90. The molecule has 1 fully saturated rings. The van der Waals surface area contributed by atoms with Gasteiger partial charge in [-0.1, -0.05) is 26.0 Å². The SMILES string of the molecule is C=C1CCCC1(C)C. The highest BCUT2D eigenvalue weighted by Gasteiger charge is 2.26. The van der Waals surface area contributed by atoms with Crippen molar-refractivity contribution in [3.05, 3.63) is 12.2 Å². The lowest BCUT2D eigenvalue weighted by atomic mass is 9.88. The Balaban J connectivity index is 2.68. The third kappa shape index (κ3) is 0.795. The molecule has 0 aromatic carbocycles. The number of allylic oxidation sites excluding steroid dienone is 1. The van der Waals surface area contributed by atoms with Crippen molar-refractivity contribution in [1.29, 1.82) is 0 Å². The number of hydrogen-bond donors (Lipinski definition) is 0. The molecule has 46 valence electrons. The first kappa shape index (κ1) is 5.87. The van der Waals surface area contributed by atoms with Crippen molar-refractivity contribution in [3.8, 4) is 0 Å². The van der Waals surface area contributed by atoms with E-state index in [1.165, 1.54) is 24.8 Å². The molecule has 0 atom stereocenters. The smallest absolute Gasteiger partial charge is 0.0147 e. The zero-order valence-corrected chi connectivity index (χ0v) is 5.83. The van der Waals surface area contributed by atoms with Crippen LogP contribution in [0.5, 0.6) is 0 Å². The van der Waals surface area contributed by atoms with E-state index >= 15 is 0 Å². The van der Waals surface area contributed by atoms with Gasteiger partial charge < -0.3 is 0 Å². The van der Waals surface area contributed by atoms with Gasteiger partial charge in [-0.25, -0.2) is 0 Å². The fourth-order valence-electron chi connectivity index (χ4n) is 1.26. The van der Waals surface area contributed by atoms with Crippen LogP contribution >= 0.6 is 0 Å². The van der Waals surface area contributed by atoms with Gasteiger partial charge in [-0.05, 0) is 24.7 Å². The van der Waals surface area contributed by atoms with Crippen molar-refractivity contribution in [2.75, 3.05) is 0 Å². The lowest BCUT2D eigenvalue weighted by Gasteiger charge is -2.17. The van der Waals surface area contributed by atoms with Crippen LogP contribution in [0.4, 0.5) is 0 Å². The van der Waals surface area contributed by atoms with Gasteiger partial charge in [-0.2, -0.15) is 0 Å². The molecule has 0 heterocycles. The Kier molecular flexibility index (Phi) is 1.18. The molecule has 1 saturated carbocycles. The lowest BCUT2D eigenvalue weighted by molar-refractivity contribution is 0.463. The third-order valence-electron chi connectivity index (χ3n) is 2.24. The van der Waals surface area contributed by atoms with E-state index in [-0.39, 0.29) is 0 Å². The normalized spacial score (nSPS) is 26.5. The summed E-state index contributed by atoms with van der Waals surface area (Å²) >= 11 is 0. The molecule has 1 aliphatic rings. The summed E-state index contributed by atoms with van der Waals surface area (Å²) in [7, 11) is 0. The maximum absolute atomic E-state index is 4.01. The topological polar surface area (TPSA) is 0 Å². The van der Waals surface area contributed by atoms with Crippen molar-refractivity contribution in [2.45, 2.75) is 33.1 Å². The van der Waals surface area contributed by atoms with Crippen LogP contribution in [0.2, 0.25) is 0 Å². The first-order valence-electron chi connectivity index (χ1n) is 3.31. The van der Waals surface area contributed by atoms with Gasteiger partial charge in [0.15, 0.2) is 0 Å². The molecule has 0 aromatic rings. The van der Waals surface area contributed by atoms with Crippen molar-refractivity contribution in [2.24, 2.45) is 5.41 Å². The van der Waals surface area contributed by atoms with Gasteiger partial charge in [0.05, 0.1) is 0 Å². The van der Waals surface area contributed by atoms with Gasteiger partial charge in [0.2, 0.25) is 0 Å². The fraction of sp³-hybridized carbons (Fsp3) is 0.750. The third-order valence-corrected chi connectivity index (χ3v) is 2.24. The van der Waals surface area contributed by atoms with Crippen LogP contribution in [0.3, 0.4) is 0 Å². The van der Waals surface area contributed by atoms with Crippen molar-refractivity contribution >= 4 is 0 Å². The van der Waals surface area contributed by atoms with Crippen LogP contribution in [-0.2, 0) is 0 Å². The Bertz CT molecular complexity index is 109. The van der Waals surface area contributed by atoms with E-state index in [1.807, 2.05) is 0 Å². The van der Waals surface area contributed by atoms with Crippen LogP contribution in [0.25, 0.3) is 0 Å². The van der Waals surface area contributed by atoms with Crippen LogP contribution in [0, 0.1) is 5.41 Å². The van der Waals surface area contributed by atoms with Crippen LogP contribution in [-0.4, -0.2) is 0 Å². The molecule has 0 radical (unpaired) electrons. The second kappa shape index (κ2) is 1.61. The highest BCUT2D eigenvalue weighted by molar-refractivity contribution is 5.11. The van der Waals surface area contributed by atoms with E-state index < -0.39 is 0 Å². The largest absolute Gasteiger partial charge is 0.0993 e. The predicted octanol–water partition coefficient (Wildman–Crippen LogP) is 2.75. The Morgan fingerprint density at radius 3 is 2.25 bits per heavy atom. The number of hydrogen-bond acceptors (Lipinski definition) is 0. The maximum Gasteiger partial charge on any atom is -0.0147 e. The van der Waals surface area contributed by atoms with Gasteiger partial charge >= 0.3 is 0 Å². The highest BCUT2D eigenvalue weighted by atomic mass is 14.3. The quantitative estimate of drug-likeness (QED) is 0.420. The minimum absolute atomic E-state index is 0.458. The van der Waals surface area contributed by atoms with E-state index in [0.717, 1.165) is 0 Å². The summed E-state index contributed by atoms with van der Waals surface area (Å²) in [6, 6.07) is 0. The molecule has 1 aliphatic carbocycles. The molecule has 0 heteroatoms.